The highest BCUT2D eigenvalue weighted by atomic mass is 32.2. The molecule has 0 heterocycles. The largest absolute Gasteiger partial charge is 0.313 e. The molecular formula is C14H23NO2S. The lowest BCUT2D eigenvalue weighted by atomic mass is 10.2. The monoisotopic (exact) mass is 269 g/mol. The van der Waals surface area contributed by atoms with Gasteiger partial charge in [-0.25, -0.2) is 8.42 Å². The molecule has 18 heavy (non-hydrogen) atoms. The minimum atomic E-state index is -3.25. The lowest BCUT2D eigenvalue weighted by molar-refractivity contribution is 0.509. The van der Waals surface area contributed by atoms with Gasteiger partial charge in [0.1, 0.15) is 0 Å². The van der Waals surface area contributed by atoms with Crippen molar-refractivity contribution in [3.05, 3.63) is 29.8 Å². The molecule has 3 nitrogen and oxygen atoms in total. The van der Waals surface area contributed by atoms with Gasteiger partial charge in [0.2, 0.25) is 0 Å². The van der Waals surface area contributed by atoms with Gasteiger partial charge in [0.25, 0.3) is 0 Å². The Labute approximate surface area is 111 Å². The number of hydrogen-bond donors (Lipinski definition) is 1. The van der Waals surface area contributed by atoms with Crippen molar-refractivity contribution in [2.75, 3.05) is 6.54 Å². The predicted molar refractivity (Wildman–Crippen MR) is 75.6 cm³/mol. The summed E-state index contributed by atoms with van der Waals surface area (Å²) < 4.78 is 24.8. The topological polar surface area (TPSA) is 46.2 Å². The van der Waals surface area contributed by atoms with Crippen molar-refractivity contribution in [3.8, 4) is 0 Å². The van der Waals surface area contributed by atoms with Gasteiger partial charge in [0, 0.05) is 6.04 Å². The van der Waals surface area contributed by atoms with Gasteiger partial charge < -0.3 is 5.32 Å². The fourth-order valence-corrected chi connectivity index (χ4v) is 3.33. The SMILES string of the molecule is CCCNC(C)C(C)S(=O)(=O)c1ccc(C)cc1. The van der Waals surface area contributed by atoms with Crippen LogP contribution in [0.2, 0.25) is 0 Å². The van der Waals surface area contributed by atoms with Gasteiger partial charge in [-0.15, -0.1) is 0 Å². The Kier molecular flexibility index (Phi) is 5.35. The van der Waals surface area contributed by atoms with E-state index in [2.05, 4.69) is 12.2 Å². The van der Waals surface area contributed by atoms with Crippen molar-refractivity contribution < 1.29 is 8.42 Å². The van der Waals surface area contributed by atoms with Gasteiger partial charge in [-0.2, -0.15) is 0 Å². The quantitative estimate of drug-likeness (QED) is 0.863. The Morgan fingerprint density at radius 2 is 1.72 bits per heavy atom. The van der Waals surface area contributed by atoms with E-state index in [0.29, 0.717) is 4.90 Å². The predicted octanol–water partition coefficient (Wildman–Crippen LogP) is 2.55. The lowest BCUT2D eigenvalue weighted by Gasteiger charge is -2.21. The molecule has 0 aromatic heterocycles. The molecule has 4 heteroatoms. The van der Waals surface area contributed by atoms with Gasteiger partial charge in [0.05, 0.1) is 10.1 Å². The molecule has 2 atom stereocenters. The molecular weight excluding hydrogens is 246 g/mol. The van der Waals surface area contributed by atoms with Crippen LogP contribution in [0.1, 0.15) is 32.8 Å². The number of hydrogen-bond acceptors (Lipinski definition) is 3. The molecule has 0 spiro atoms. The molecule has 1 N–H and O–H groups in total. The molecule has 0 saturated carbocycles. The minimum absolute atomic E-state index is 0.0451. The molecule has 1 aromatic rings. The molecule has 0 radical (unpaired) electrons. The van der Waals surface area contributed by atoms with Gasteiger partial charge in [-0.05, 0) is 45.9 Å². The van der Waals surface area contributed by atoms with Crippen LogP contribution in [0.5, 0.6) is 0 Å². The maximum atomic E-state index is 12.4. The summed E-state index contributed by atoms with van der Waals surface area (Å²) in [4.78, 5) is 0.408. The van der Waals surface area contributed by atoms with Crippen LogP contribution in [0, 0.1) is 6.92 Å². The van der Waals surface area contributed by atoms with Gasteiger partial charge >= 0.3 is 0 Å². The Hall–Kier alpha value is -0.870. The third kappa shape index (κ3) is 3.56. The second kappa shape index (κ2) is 6.34. The number of rotatable bonds is 6. The second-order valence-corrected chi connectivity index (χ2v) is 7.11. The lowest BCUT2D eigenvalue weighted by Crippen LogP contribution is -2.40. The second-order valence-electron chi connectivity index (χ2n) is 4.81. The van der Waals surface area contributed by atoms with Crippen LogP contribution in [-0.2, 0) is 9.84 Å². The molecule has 0 fully saturated rings. The van der Waals surface area contributed by atoms with E-state index in [-0.39, 0.29) is 6.04 Å². The first kappa shape index (κ1) is 15.2. The van der Waals surface area contributed by atoms with E-state index in [4.69, 9.17) is 0 Å². The van der Waals surface area contributed by atoms with Crippen LogP contribution in [-0.4, -0.2) is 26.3 Å². The highest BCUT2D eigenvalue weighted by Gasteiger charge is 2.27. The molecule has 0 amide bonds. The van der Waals surface area contributed by atoms with Crippen molar-refractivity contribution in [1.82, 2.24) is 5.32 Å². The molecule has 2 unspecified atom stereocenters. The first-order chi connectivity index (χ1) is 8.39. The molecule has 0 aliphatic carbocycles. The summed E-state index contributed by atoms with van der Waals surface area (Å²) in [5, 5.41) is 2.82. The van der Waals surface area contributed by atoms with Crippen molar-refractivity contribution in [1.29, 1.82) is 0 Å². The molecule has 1 rings (SSSR count). The van der Waals surface area contributed by atoms with E-state index >= 15 is 0 Å². The summed E-state index contributed by atoms with van der Waals surface area (Å²) in [7, 11) is -3.25. The third-order valence-corrected chi connectivity index (χ3v) is 5.58. The molecule has 0 bridgehead atoms. The highest BCUT2D eigenvalue weighted by molar-refractivity contribution is 7.92. The van der Waals surface area contributed by atoms with E-state index in [1.165, 1.54) is 0 Å². The van der Waals surface area contributed by atoms with Gasteiger partial charge in [0.15, 0.2) is 9.84 Å². The first-order valence-corrected chi connectivity index (χ1v) is 7.98. The molecule has 102 valence electrons. The summed E-state index contributed by atoms with van der Waals surface area (Å²) in [5.74, 6) is 0. The standard InChI is InChI=1S/C14H23NO2S/c1-5-10-15-12(3)13(4)18(16,17)14-8-6-11(2)7-9-14/h6-9,12-13,15H,5,10H2,1-4H3. The molecule has 0 aliphatic heterocycles. The number of sulfone groups is 1. The van der Waals surface area contributed by atoms with Gasteiger partial charge in [-0.1, -0.05) is 24.6 Å². The number of aryl methyl sites for hydroxylation is 1. The molecule has 0 aliphatic rings. The summed E-state index contributed by atoms with van der Waals surface area (Å²) >= 11 is 0. The molecule has 1 aromatic carbocycles. The van der Waals surface area contributed by atoms with Crippen LogP contribution < -0.4 is 5.32 Å². The van der Waals surface area contributed by atoms with Crippen molar-refractivity contribution >= 4 is 9.84 Å². The van der Waals surface area contributed by atoms with Crippen molar-refractivity contribution in [3.63, 3.8) is 0 Å². The van der Waals surface area contributed by atoms with Gasteiger partial charge in [-0.3, -0.25) is 0 Å². The first-order valence-electron chi connectivity index (χ1n) is 6.43. The zero-order valence-electron chi connectivity index (χ0n) is 11.6. The zero-order chi connectivity index (χ0) is 13.8. The van der Waals surface area contributed by atoms with Crippen LogP contribution in [0.25, 0.3) is 0 Å². The van der Waals surface area contributed by atoms with Crippen LogP contribution in [0.4, 0.5) is 0 Å². The smallest absolute Gasteiger partial charge is 0.182 e. The Morgan fingerprint density at radius 3 is 2.22 bits per heavy atom. The van der Waals surface area contributed by atoms with Crippen LogP contribution >= 0.6 is 0 Å². The highest BCUT2D eigenvalue weighted by Crippen LogP contribution is 2.18. The fraction of sp³-hybridized carbons (Fsp3) is 0.571. The van der Waals surface area contributed by atoms with E-state index in [9.17, 15) is 8.42 Å². The normalized spacial score (nSPS) is 15.3. The fourth-order valence-electron chi connectivity index (χ4n) is 1.75. The average molecular weight is 269 g/mol. The maximum absolute atomic E-state index is 12.4. The summed E-state index contributed by atoms with van der Waals surface area (Å²) in [5.41, 5.74) is 1.07. The maximum Gasteiger partial charge on any atom is 0.182 e. The van der Waals surface area contributed by atoms with E-state index < -0.39 is 15.1 Å². The molecule has 0 saturated heterocycles. The van der Waals surface area contributed by atoms with Crippen LogP contribution in [0.15, 0.2) is 29.2 Å². The number of benzene rings is 1. The third-order valence-electron chi connectivity index (χ3n) is 3.26. The van der Waals surface area contributed by atoms with Crippen LogP contribution in [0.3, 0.4) is 0 Å². The summed E-state index contributed by atoms with van der Waals surface area (Å²) in [6.07, 6.45) is 1.00. The summed E-state index contributed by atoms with van der Waals surface area (Å²) in [6, 6.07) is 7.01. The van der Waals surface area contributed by atoms with E-state index in [0.717, 1.165) is 18.5 Å². The Bertz CT molecular complexity index is 465. The van der Waals surface area contributed by atoms with Crippen molar-refractivity contribution in [2.45, 2.75) is 50.3 Å². The zero-order valence-corrected chi connectivity index (χ0v) is 12.4. The minimum Gasteiger partial charge on any atom is -0.313 e. The Balaban J connectivity index is 2.89. The Morgan fingerprint density at radius 1 is 1.17 bits per heavy atom. The summed E-state index contributed by atoms with van der Waals surface area (Å²) in [6.45, 7) is 8.55. The average Bonchev–Trinajstić information content (AvgIpc) is 2.35. The van der Waals surface area contributed by atoms with E-state index in [1.54, 1.807) is 19.1 Å². The number of nitrogens with one attached hydrogen (secondary N) is 1. The van der Waals surface area contributed by atoms with E-state index in [1.807, 2.05) is 26.0 Å². The van der Waals surface area contributed by atoms with Crippen molar-refractivity contribution in [2.24, 2.45) is 0 Å².